The molecule has 14 nitrogen and oxygen atoms in total. The Morgan fingerprint density at radius 3 is 1.84 bits per heavy atom. The van der Waals surface area contributed by atoms with Gasteiger partial charge in [0.15, 0.2) is 12.3 Å². The Bertz CT molecular complexity index is 2140. The Balaban J connectivity index is 0.00000980. The van der Waals surface area contributed by atoms with E-state index in [1.165, 1.54) is 0 Å². The molecule has 4 N–H and O–H groups in total. The molecule has 0 spiro atoms. The molecule has 0 aromatic heterocycles. The summed E-state index contributed by atoms with van der Waals surface area (Å²) in [6.07, 6.45) is 7.22. The fraction of sp³-hybridized carbons (Fsp3) is 0.500. The second-order valence-corrected chi connectivity index (χ2v) is 18.7. The molecule has 3 aromatic carbocycles. The van der Waals surface area contributed by atoms with Crippen molar-refractivity contribution < 1.29 is 64.4 Å². The summed E-state index contributed by atoms with van der Waals surface area (Å²) in [6, 6.07) is 22.2. The van der Waals surface area contributed by atoms with Crippen molar-refractivity contribution in [3.05, 3.63) is 102 Å². The number of quaternary nitrogens is 1. The van der Waals surface area contributed by atoms with Gasteiger partial charge in [0.1, 0.15) is 49.1 Å². The van der Waals surface area contributed by atoms with E-state index in [1.807, 2.05) is 100 Å². The average Bonchev–Trinajstić information content (AvgIpc) is 4.05. The van der Waals surface area contributed by atoms with Gasteiger partial charge < -0.3 is 56.9 Å². The van der Waals surface area contributed by atoms with E-state index in [2.05, 4.69) is 27.2 Å². The number of hydrogen-bond donors (Lipinski definition) is 4. The third-order valence-corrected chi connectivity index (χ3v) is 12.0. The third kappa shape index (κ3) is 17.6. The van der Waals surface area contributed by atoms with Crippen molar-refractivity contribution in [1.29, 1.82) is 0 Å². The molecule has 0 radical (unpaired) electrons. The van der Waals surface area contributed by atoms with Gasteiger partial charge in [-0.1, -0.05) is 88.4 Å². The standard InChI is InChI=1S/C52H67N5O9.BrH/c1-7-8-19-47(59)66-41-23-20-40(21-24-41)33-57(26-28-64-29-27-57)34-46(58)53-42(25-22-38-15-11-9-12-16-38)49(61)55-44(31-37(4)5)50(62)56-45(32-39-17-13-10-14-18-39)51(63)54-43(30-36(2)3)48(60)52(6)35-65-52;/h1,9-18,20-21,23-24,36-37,42-45H,8,19,22,25-35H2,2-6H3,(H3-,53,54,55,56,58,61,62,63);1H/t42-,43-,44-,45-,52-;/m0./s1. The van der Waals surface area contributed by atoms with Crippen LogP contribution >= 0.6 is 0 Å². The monoisotopic (exact) mass is 985 g/mol. The van der Waals surface area contributed by atoms with Crippen molar-refractivity contribution in [2.45, 2.75) is 116 Å². The van der Waals surface area contributed by atoms with Crippen LogP contribution in [0.25, 0.3) is 0 Å². The number of ketones is 1. The van der Waals surface area contributed by atoms with E-state index in [0.717, 1.165) is 16.7 Å². The summed E-state index contributed by atoms with van der Waals surface area (Å²) < 4.78 is 16.9. The number of terminal acetylenes is 1. The summed E-state index contributed by atoms with van der Waals surface area (Å²) in [5, 5.41) is 11.8. The molecule has 0 saturated carbocycles. The number of carbonyl (C=O) groups is 6. The molecule has 5 rings (SSSR count). The lowest BCUT2D eigenvalue weighted by Gasteiger charge is -2.41. The summed E-state index contributed by atoms with van der Waals surface area (Å²) in [6.45, 7) is 12.4. The van der Waals surface area contributed by atoms with E-state index in [1.54, 1.807) is 19.1 Å². The second-order valence-electron chi connectivity index (χ2n) is 18.7. The number of nitrogens with zero attached hydrogens (tertiary/aromatic N) is 1. The fourth-order valence-electron chi connectivity index (χ4n) is 8.18. The van der Waals surface area contributed by atoms with Gasteiger partial charge >= 0.3 is 5.97 Å². The summed E-state index contributed by atoms with van der Waals surface area (Å²) >= 11 is 0. The lowest BCUT2D eigenvalue weighted by molar-refractivity contribution is -0.940. The molecular weight excluding hydrogens is 919 g/mol. The second kappa shape index (κ2) is 26.2. The molecule has 0 bridgehead atoms. The number of amides is 4. The third-order valence-electron chi connectivity index (χ3n) is 12.0. The zero-order valence-corrected chi connectivity index (χ0v) is 41.1. The highest BCUT2D eigenvalue weighted by atomic mass is 79.9. The lowest BCUT2D eigenvalue weighted by Crippen LogP contribution is -3.00. The van der Waals surface area contributed by atoms with E-state index in [9.17, 15) is 28.8 Å². The molecule has 3 aromatic rings. The van der Waals surface area contributed by atoms with Crippen molar-refractivity contribution in [2.75, 3.05) is 39.5 Å². The van der Waals surface area contributed by atoms with Crippen LogP contribution in [0, 0.1) is 24.2 Å². The van der Waals surface area contributed by atoms with E-state index in [0.29, 0.717) is 62.3 Å². The van der Waals surface area contributed by atoms with Crippen molar-refractivity contribution in [2.24, 2.45) is 11.8 Å². The van der Waals surface area contributed by atoms with Crippen molar-refractivity contribution in [1.82, 2.24) is 21.3 Å². The van der Waals surface area contributed by atoms with Gasteiger partial charge in [0, 0.05) is 18.4 Å². The summed E-state index contributed by atoms with van der Waals surface area (Å²) in [7, 11) is 0. The zero-order valence-electron chi connectivity index (χ0n) is 39.5. The Hall–Kier alpha value is -5.40. The SMILES string of the molecule is C#CCCC(=O)Oc1ccc(C[N+]2(CC(=O)N[C@@H](CCc3ccccc3)C(=O)N[C@@H](CC(C)C)C(=O)N[C@@H](Cc3ccccc3)C(=O)N[C@@H](CC(C)C)C(=O)[C@]3(C)CO3)CCOCC2)cc1.[Br-]. The van der Waals surface area contributed by atoms with Crippen molar-refractivity contribution in [3.63, 3.8) is 0 Å². The molecule has 2 heterocycles. The molecule has 67 heavy (non-hydrogen) atoms. The van der Waals surface area contributed by atoms with Crippen LogP contribution in [0.5, 0.6) is 5.75 Å². The molecule has 0 unspecified atom stereocenters. The van der Waals surface area contributed by atoms with Crippen LogP contribution in [0.1, 0.15) is 83.4 Å². The molecule has 5 atom stereocenters. The first-order valence-corrected chi connectivity index (χ1v) is 23.2. The van der Waals surface area contributed by atoms with Crippen LogP contribution in [-0.2, 0) is 57.6 Å². The van der Waals surface area contributed by atoms with Gasteiger partial charge in [0.25, 0.3) is 5.91 Å². The van der Waals surface area contributed by atoms with Gasteiger partial charge in [-0.3, -0.25) is 28.8 Å². The topological polar surface area (TPSA) is 182 Å². The first-order valence-electron chi connectivity index (χ1n) is 23.2. The minimum atomic E-state index is -1.08. The quantitative estimate of drug-likeness (QED) is 0.0323. The number of benzene rings is 3. The number of aryl methyl sites for hydroxylation is 1. The Morgan fingerprint density at radius 2 is 1.25 bits per heavy atom. The zero-order chi connectivity index (χ0) is 47.7. The largest absolute Gasteiger partial charge is 1.00 e. The van der Waals surface area contributed by atoms with Gasteiger partial charge in [0.2, 0.25) is 17.7 Å². The number of nitrogens with one attached hydrogen (secondary N) is 4. The van der Waals surface area contributed by atoms with Crippen LogP contribution in [0.3, 0.4) is 0 Å². The average molecular weight is 987 g/mol. The number of epoxide rings is 1. The molecule has 2 aliphatic heterocycles. The van der Waals surface area contributed by atoms with Crippen LogP contribution in [0.4, 0.5) is 0 Å². The molecule has 362 valence electrons. The smallest absolute Gasteiger partial charge is 0.312 e. The number of Topliss-reactive ketones (excluding diaryl/α,β-unsaturated/α-hetero) is 1. The summed E-state index contributed by atoms with van der Waals surface area (Å²) in [4.78, 5) is 82.8. The number of rotatable bonds is 25. The number of esters is 1. The van der Waals surface area contributed by atoms with Gasteiger partial charge in [-0.15, -0.1) is 12.3 Å². The van der Waals surface area contributed by atoms with Crippen LogP contribution < -0.4 is 43.0 Å². The first kappa shape index (κ1) is 54.2. The number of ether oxygens (including phenoxy) is 3. The minimum absolute atomic E-state index is 0. The molecule has 2 fully saturated rings. The lowest BCUT2D eigenvalue weighted by atomic mass is 9.93. The predicted octanol–water partition coefficient (Wildman–Crippen LogP) is 1.62. The summed E-state index contributed by atoms with van der Waals surface area (Å²) in [5.74, 6) is 0.338. The highest BCUT2D eigenvalue weighted by molar-refractivity contribution is 5.98. The van der Waals surface area contributed by atoms with Gasteiger partial charge in [0.05, 0.1) is 32.3 Å². The maximum atomic E-state index is 14.5. The highest BCUT2D eigenvalue weighted by Gasteiger charge is 2.50. The molecule has 2 aliphatic rings. The fourth-order valence-corrected chi connectivity index (χ4v) is 8.18. The van der Waals surface area contributed by atoms with E-state index in [4.69, 9.17) is 20.6 Å². The molecule has 15 heteroatoms. The van der Waals surface area contributed by atoms with Crippen LogP contribution in [0.15, 0.2) is 84.9 Å². The van der Waals surface area contributed by atoms with Crippen LogP contribution in [-0.4, -0.2) is 109 Å². The highest BCUT2D eigenvalue weighted by Crippen LogP contribution is 2.30. The van der Waals surface area contributed by atoms with E-state index < -0.39 is 53.5 Å². The number of hydrogen-bond acceptors (Lipinski definition) is 9. The van der Waals surface area contributed by atoms with Crippen LogP contribution in [0.2, 0.25) is 0 Å². The Labute approximate surface area is 406 Å². The first-order chi connectivity index (χ1) is 31.6. The Morgan fingerprint density at radius 1 is 0.716 bits per heavy atom. The number of halogens is 1. The minimum Gasteiger partial charge on any atom is -1.00 e. The van der Waals surface area contributed by atoms with Gasteiger partial charge in [-0.2, -0.15) is 0 Å². The number of morpholine rings is 1. The molecular formula is C52H68BrN5O9. The Kier molecular flexibility index (Phi) is 21.2. The van der Waals surface area contributed by atoms with Crippen molar-refractivity contribution >= 4 is 35.4 Å². The number of carbonyl (C=O) groups excluding carboxylic acids is 6. The van der Waals surface area contributed by atoms with E-state index >= 15 is 0 Å². The molecule has 2 saturated heterocycles. The van der Waals surface area contributed by atoms with Crippen molar-refractivity contribution in [3.8, 4) is 18.1 Å². The molecule has 0 aliphatic carbocycles. The summed E-state index contributed by atoms with van der Waals surface area (Å²) in [5.41, 5.74) is 1.75. The maximum absolute atomic E-state index is 14.5. The van der Waals surface area contributed by atoms with E-state index in [-0.39, 0.29) is 79.3 Å². The normalized spacial score (nSPS) is 17.9. The maximum Gasteiger partial charge on any atom is 0.312 e. The molecule has 4 amide bonds. The van der Waals surface area contributed by atoms with Gasteiger partial charge in [-0.25, -0.2) is 0 Å². The predicted molar refractivity (Wildman–Crippen MR) is 250 cm³/mol. The van der Waals surface area contributed by atoms with Gasteiger partial charge in [-0.05, 0) is 79.8 Å².